The first-order valence-corrected chi connectivity index (χ1v) is 7.95. The van der Waals surface area contributed by atoms with Crippen molar-refractivity contribution in [2.24, 2.45) is 0 Å². The molecule has 8 heteroatoms. The number of nitrogens with one attached hydrogen (secondary N) is 2. The van der Waals surface area contributed by atoms with Crippen LogP contribution in [0.3, 0.4) is 0 Å². The van der Waals surface area contributed by atoms with Gasteiger partial charge in [-0.15, -0.1) is 0 Å². The highest BCUT2D eigenvalue weighted by molar-refractivity contribution is 7.89. The molecule has 1 aromatic heterocycles. The van der Waals surface area contributed by atoms with Crippen molar-refractivity contribution in [1.82, 2.24) is 14.6 Å². The minimum atomic E-state index is -3.67. The Morgan fingerprint density at radius 3 is 3.05 bits per heavy atom. The van der Waals surface area contributed by atoms with Crippen LogP contribution in [0, 0.1) is 0 Å². The number of sulfonamides is 1. The molecule has 2 rings (SSSR count). The highest BCUT2D eigenvalue weighted by Gasteiger charge is 2.28. The summed E-state index contributed by atoms with van der Waals surface area (Å²) in [4.78, 5) is 15.7. The van der Waals surface area contributed by atoms with Gasteiger partial charge in [0.05, 0.1) is 11.4 Å². The van der Waals surface area contributed by atoms with E-state index in [0.717, 1.165) is 0 Å². The van der Waals surface area contributed by atoms with Crippen LogP contribution < -0.4 is 10.6 Å². The first-order valence-electron chi connectivity index (χ1n) is 6.51. The second-order valence-corrected chi connectivity index (χ2v) is 6.39. The first kappa shape index (κ1) is 14.7. The van der Waals surface area contributed by atoms with Crippen molar-refractivity contribution in [2.45, 2.75) is 18.2 Å². The maximum absolute atomic E-state index is 12.5. The standard InChI is InChI=1S/C12H18N4O3S/c1-2-13-11-8-10(4-6-14-11)20(18,19)16-7-3-5-15-12(17)9-16/h4,6,8H,2-3,5,7,9H2,1H3,(H,13,14)(H,15,17). The maximum atomic E-state index is 12.5. The van der Waals surface area contributed by atoms with E-state index in [-0.39, 0.29) is 17.3 Å². The number of aromatic nitrogens is 1. The van der Waals surface area contributed by atoms with Gasteiger partial charge in [0, 0.05) is 31.9 Å². The normalized spacial score (nSPS) is 17.4. The first-order chi connectivity index (χ1) is 9.54. The molecule has 7 nitrogen and oxygen atoms in total. The molecule has 0 bridgehead atoms. The lowest BCUT2D eigenvalue weighted by atomic mass is 10.4. The third-order valence-corrected chi connectivity index (χ3v) is 4.79. The second kappa shape index (κ2) is 6.19. The molecule has 0 saturated carbocycles. The molecule has 1 amide bonds. The van der Waals surface area contributed by atoms with Crippen molar-refractivity contribution in [3.05, 3.63) is 18.3 Å². The van der Waals surface area contributed by atoms with Crippen molar-refractivity contribution in [1.29, 1.82) is 0 Å². The smallest absolute Gasteiger partial charge is 0.243 e. The van der Waals surface area contributed by atoms with Gasteiger partial charge >= 0.3 is 0 Å². The van der Waals surface area contributed by atoms with E-state index in [2.05, 4.69) is 15.6 Å². The van der Waals surface area contributed by atoms with Gasteiger partial charge in [0.25, 0.3) is 0 Å². The highest BCUT2D eigenvalue weighted by Crippen LogP contribution is 2.18. The van der Waals surface area contributed by atoms with E-state index < -0.39 is 10.0 Å². The van der Waals surface area contributed by atoms with Crippen LogP contribution in [-0.2, 0) is 14.8 Å². The molecule has 1 saturated heterocycles. The van der Waals surface area contributed by atoms with Gasteiger partial charge in [-0.1, -0.05) is 0 Å². The molecule has 2 N–H and O–H groups in total. The molecule has 110 valence electrons. The monoisotopic (exact) mass is 298 g/mol. The van der Waals surface area contributed by atoms with E-state index >= 15 is 0 Å². The molecular formula is C12H18N4O3S. The third-order valence-electron chi connectivity index (χ3n) is 2.95. The topological polar surface area (TPSA) is 91.4 Å². The van der Waals surface area contributed by atoms with Crippen LogP contribution in [0.5, 0.6) is 0 Å². The zero-order valence-electron chi connectivity index (χ0n) is 11.3. The quantitative estimate of drug-likeness (QED) is 0.818. The summed E-state index contributed by atoms with van der Waals surface area (Å²) in [5.41, 5.74) is 0. The highest BCUT2D eigenvalue weighted by atomic mass is 32.2. The summed E-state index contributed by atoms with van der Waals surface area (Å²) in [5.74, 6) is 0.236. The Bertz CT molecular complexity index is 588. The summed E-state index contributed by atoms with van der Waals surface area (Å²) >= 11 is 0. The summed E-state index contributed by atoms with van der Waals surface area (Å²) in [6, 6.07) is 2.93. The van der Waals surface area contributed by atoms with Crippen molar-refractivity contribution >= 4 is 21.7 Å². The SMILES string of the molecule is CCNc1cc(S(=O)(=O)N2CCCNC(=O)C2)ccn1. The lowest BCUT2D eigenvalue weighted by molar-refractivity contribution is -0.120. The van der Waals surface area contributed by atoms with E-state index in [1.807, 2.05) is 6.92 Å². The molecule has 1 aliphatic rings. The van der Waals surface area contributed by atoms with E-state index in [4.69, 9.17) is 0 Å². The number of nitrogens with zero attached hydrogens (tertiary/aromatic N) is 2. The largest absolute Gasteiger partial charge is 0.370 e. The van der Waals surface area contributed by atoms with Crippen LogP contribution in [0.1, 0.15) is 13.3 Å². The van der Waals surface area contributed by atoms with Crippen LogP contribution >= 0.6 is 0 Å². The summed E-state index contributed by atoms with van der Waals surface area (Å²) < 4.78 is 26.3. The Morgan fingerprint density at radius 1 is 1.50 bits per heavy atom. The van der Waals surface area contributed by atoms with Crippen LogP contribution in [0.2, 0.25) is 0 Å². The molecule has 0 atom stereocenters. The lowest BCUT2D eigenvalue weighted by Crippen LogP contribution is -2.37. The van der Waals surface area contributed by atoms with E-state index in [1.54, 1.807) is 0 Å². The van der Waals surface area contributed by atoms with E-state index in [1.165, 1.54) is 22.6 Å². The molecule has 1 fully saturated rings. The van der Waals surface area contributed by atoms with Crippen molar-refractivity contribution in [3.8, 4) is 0 Å². The molecule has 2 heterocycles. The average Bonchev–Trinajstić information content (AvgIpc) is 2.64. The van der Waals surface area contributed by atoms with Gasteiger partial charge in [-0.05, 0) is 19.4 Å². The minimum absolute atomic E-state index is 0.138. The fraction of sp³-hybridized carbons (Fsp3) is 0.500. The second-order valence-electron chi connectivity index (χ2n) is 4.45. The van der Waals surface area contributed by atoms with Gasteiger partial charge in [-0.25, -0.2) is 13.4 Å². The molecule has 0 aromatic carbocycles. The Labute approximate surface area is 118 Å². The summed E-state index contributed by atoms with van der Waals surface area (Å²) in [7, 11) is -3.67. The number of amides is 1. The molecule has 1 aromatic rings. The zero-order valence-corrected chi connectivity index (χ0v) is 12.1. The zero-order chi connectivity index (χ0) is 14.6. The Morgan fingerprint density at radius 2 is 2.30 bits per heavy atom. The Kier molecular flexibility index (Phi) is 4.56. The maximum Gasteiger partial charge on any atom is 0.243 e. The van der Waals surface area contributed by atoms with Crippen LogP contribution in [0.15, 0.2) is 23.2 Å². The fourth-order valence-corrected chi connectivity index (χ4v) is 3.43. The van der Waals surface area contributed by atoms with Gasteiger partial charge in [-0.2, -0.15) is 4.31 Å². The molecule has 0 spiro atoms. The fourth-order valence-electron chi connectivity index (χ4n) is 1.98. The average molecular weight is 298 g/mol. The number of hydrogen-bond donors (Lipinski definition) is 2. The molecule has 20 heavy (non-hydrogen) atoms. The van der Waals surface area contributed by atoms with Gasteiger partial charge in [0.2, 0.25) is 15.9 Å². The van der Waals surface area contributed by atoms with E-state index in [0.29, 0.717) is 31.9 Å². The van der Waals surface area contributed by atoms with E-state index in [9.17, 15) is 13.2 Å². The van der Waals surface area contributed by atoms with Crippen LogP contribution in [0.25, 0.3) is 0 Å². The number of carbonyl (C=O) groups is 1. The lowest BCUT2D eigenvalue weighted by Gasteiger charge is -2.19. The third kappa shape index (κ3) is 3.26. The number of hydrogen-bond acceptors (Lipinski definition) is 5. The molecule has 0 unspecified atom stereocenters. The number of pyridine rings is 1. The van der Waals surface area contributed by atoms with Crippen molar-refractivity contribution in [3.63, 3.8) is 0 Å². The number of rotatable bonds is 4. The predicted molar refractivity (Wildman–Crippen MR) is 74.8 cm³/mol. The summed E-state index contributed by atoms with van der Waals surface area (Å²) in [6.45, 7) is 3.26. The molecule has 1 aliphatic heterocycles. The van der Waals surface area contributed by atoms with Crippen LogP contribution in [0.4, 0.5) is 5.82 Å². The number of carbonyl (C=O) groups excluding carboxylic acids is 1. The number of anilines is 1. The van der Waals surface area contributed by atoms with Gasteiger partial charge < -0.3 is 10.6 Å². The van der Waals surface area contributed by atoms with Crippen LogP contribution in [-0.4, -0.2) is 49.8 Å². The summed E-state index contributed by atoms with van der Waals surface area (Å²) in [6.07, 6.45) is 2.05. The van der Waals surface area contributed by atoms with Crippen molar-refractivity contribution in [2.75, 3.05) is 31.5 Å². The summed E-state index contributed by atoms with van der Waals surface area (Å²) in [5, 5.41) is 5.63. The Hall–Kier alpha value is -1.67. The predicted octanol–water partition coefficient (Wildman–Crippen LogP) is 0.0240. The van der Waals surface area contributed by atoms with Gasteiger partial charge in [0.1, 0.15) is 5.82 Å². The molecule has 0 aliphatic carbocycles. The minimum Gasteiger partial charge on any atom is -0.370 e. The molecule has 0 radical (unpaired) electrons. The van der Waals surface area contributed by atoms with Gasteiger partial charge in [0.15, 0.2) is 0 Å². The van der Waals surface area contributed by atoms with Gasteiger partial charge in [-0.3, -0.25) is 4.79 Å². The molecular weight excluding hydrogens is 280 g/mol. The Balaban J connectivity index is 2.28. The van der Waals surface area contributed by atoms with Crippen molar-refractivity contribution < 1.29 is 13.2 Å².